The first-order valence-electron chi connectivity index (χ1n) is 14.6. The number of fused-ring (bicyclic) bond motifs is 1. The van der Waals surface area contributed by atoms with Crippen molar-refractivity contribution < 1.29 is 19.0 Å². The molecule has 3 aliphatic heterocycles. The smallest absolute Gasteiger partial charge is 0.251 e. The molecule has 2 aromatic carbocycles. The summed E-state index contributed by atoms with van der Waals surface area (Å²) in [7, 11) is 0. The molecule has 2 aromatic rings. The molecule has 1 aliphatic carbocycles. The van der Waals surface area contributed by atoms with Crippen molar-refractivity contribution in [1.29, 1.82) is 0 Å². The van der Waals surface area contributed by atoms with Crippen LogP contribution in [0, 0.1) is 5.92 Å². The number of piperidine rings is 1. The Balaban J connectivity index is 0.898. The lowest BCUT2D eigenvalue weighted by Crippen LogP contribution is -2.39. The Morgan fingerprint density at radius 3 is 2.39 bits per heavy atom. The zero-order valence-electron chi connectivity index (χ0n) is 22.4. The van der Waals surface area contributed by atoms with E-state index in [9.17, 15) is 4.79 Å². The zero-order valence-corrected chi connectivity index (χ0v) is 22.4. The average molecular weight is 520 g/mol. The van der Waals surface area contributed by atoms with E-state index in [1.54, 1.807) is 0 Å². The molecular weight excluding hydrogens is 478 g/mol. The molecule has 3 heterocycles. The monoisotopic (exact) mass is 519 g/mol. The molecule has 1 amide bonds. The topological polar surface area (TPSA) is 63.3 Å². The lowest BCUT2D eigenvalue weighted by Gasteiger charge is -2.34. The normalized spacial score (nSPS) is 24.4. The van der Waals surface area contributed by atoms with Crippen LogP contribution in [0.5, 0.6) is 11.5 Å². The van der Waals surface area contributed by atoms with E-state index in [-0.39, 0.29) is 5.91 Å². The van der Waals surface area contributed by atoms with Gasteiger partial charge in [-0.15, -0.1) is 0 Å². The highest BCUT2D eigenvalue weighted by atomic mass is 16.7. The number of benzene rings is 2. The van der Waals surface area contributed by atoms with Gasteiger partial charge in [-0.25, -0.2) is 0 Å². The van der Waals surface area contributed by atoms with E-state index in [2.05, 4.69) is 39.4 Å². The van der Waals surface area contributed by atoms with E-state index in [1.165, 1.54) is 49.9 Å². The molecule has 0 unspecified atom stereocenters. The maximum atomic E-state index is 12.8. The van der Waals surface area contributed by atoms with Crippen molar-refractivity contribution in [2.75, 3.05) is 57.6 Å². The van der Waals surface area contributed by atoms with Crippen LogP contribution in [0.1, 0.15) is 66.8 Å². The van der Waals surface area contributed by atoms with Gasteiger partial charge in [-0.1, -0.05) is 12.1 Å². The number of nitrogens with zero attached hydrogens (tertiary/aromatic N) is 2. The predicted octanol–water partition coefficient (Wildman–Crippen LogP) is 4.81. The summed E-state index contributed by atoms with van der Waals surface area (Å²) in [6.07, 6.45) is 8.25. The zero-order chi connectivity index (χ0) is 25.7. The average Bonchev–Trinajstić information content (AvgIpc) is 3.47. The van der Waals surface area contributed by atoms with E-state index in [4.69, 9.17) is 14.2 Å². The van der Waals surface area contributed by atoms with Gasteiger partial charge in [-0.05, 0) is 107 Å². The van der Waals surface area contributed by atoms with Crippen molar-refractivity contribution in [3.8, 4) is 11.5 Å². The molecule has 6 rings (SSSR count). The molecule has 2 saturated heterocycles. The van der Waals surface area contributed by atoms with Gasteiger partial charge in [0.1, 0.15) is 0 Å². The van der Waals surface area contributed by atoms with Gasteiger partial charge in [-0.2, -0.15) is 0 Å². The number of hydrogen-bond donors (Lipinski definition) is 1. The van der Waals surface area contributed by atoms with Gasteiger partial charge < -0.3 is 29.3 Å². The number of morpholine rings is 1. The first kappa shape index (κ1) is 25.5. The second-order valence-electron chi connectivity index (χ2n) is 11.3. The second kappa shape index (κ2) is 12.0. The third-order valence-electron chi connectivity index (χ3n) is 9.00. The highest BCUT2D eigenvalue weighted by molar-refractivity contribution is 5.94. The number of amides is 1. The molecule has 0 radical (unpaired) electrons. The van der Waals surface area contributed by atoms with E-state index in [0.29, 0.717) is 18.8 Å². The molecule has 0 atom stereocenters. The fraction of sp³-hybridized carbons (Fsp3) is 0.581. The highest BCUT2D eigenvalue weighted by Gasteiger charge is 2.28. The summed E-state index contributed by atoms with van der Waals surface area (Å²) in [6.45, 7) is 7.21. The molecule has 0 aromatic heterocycles. The highest BCUT2D eigenvalue weighted by Crippen LogP contribution is 2.42. The SMILES string of the molecule is O=C(N[C@H]1CC[C@H](CCN2CCC(c3cccc4c3OCO4)CC2)CC1)c1ccc(N2CCOCC2)cc1. The molecule has 0 bridgehead atoms. The predicted molar refractivity (Wildman–Crippen MR) is 148 cm³/mol. The maximum Gasteiger partial charge on any atom is 0.251 e. The molecule has 1 saturated carbocycles. The van der Waals surface area contributed by atoms with Crippen LogP contribution in [0.15, 0.2) is 42.5 Å². The Labute approximate surface area is 226 Å². The van der Waals surface area contributed by atoms with Gasteiger partial charge in [0, 0.05) is 35.9 Å². The van der Waals surface area contributed by atoms with Gasteiger partial charge >= 0.3 is 0 Å². The van der Waals surface area contributed by atoms with Crippen LogP contribution in [0.2, 0.25) is 0 Å². The van der Waals surface area contributed by atoms with Crippen molar-refractivity contribution in [2.45, 2.75) is 56.9 Å². The molecule has 4 aliphatic rings. The molecular formula is C31H41N3O4. The van der Waals surface area contributed by atoms with Crippen LogP contribution in [0.4, 0.5) is 5.69 Å². The van der Waals surface area contributed by atoms with Gasteiger partial charge in [0.05, 0.1) is 13.2 Å². The van der Waals surface area contributed by atoms with E-state index in [0.717, 1.165) is 75.2 Å². The Bertz CT molecular complexity index is 1070. The van der Waals surface area contributed by atoms with Crippen molar-refractivity contribution >= 4 is 11.6 Å². The third-order valence-corrected chi connectivity index (χ3v) is 9.00. The second-order valence-corrected chi connectivity index (χ2v) is 11.3. The van der Waals surface area contributed by atoms with Crippen LogP contribution in [-0.4, -0.2) is 69.6 Å². The largest absolute Gasteiger partial charge is 0.454 e. The summed E-state index contributed by atoms with van der Waals surface area (Å²) in [6, 6.07) is 14.7. The number of hydrogen-bond acceptors (Lipinski definition) is 6. The lowest BCUT2D eigenvalue weighted by atomic mass is 9.83. The first-order chi connectivity index (χ1) is 18.7. The minimum atomic E-state index is 0.0610. The first-order valence-corrected chi connectivity index (χ1v) is 14.6. The Hall–Kier alpha value is -2.77. The van der Waals surface area contributed by atoms with E-state index in [1.807, 2.05) is 18.2 Å². The quantitative estimate of drug-likeness (QED) is 0.567. The molecule has 0 spiro atoms. The van der Waals surface area contributed by atoms with Gasteiger partial charge in [-0.3, -0.25) is 4.79 Å². The van der Waals surface area contributed by atoms with Gasteiger partial charge in [0.15, 0.2) is 11.5 Å². The number of likely N-dealkylation sites (tertiary alicyclic amines) is 1. The third kappa shape index (κ3) is 5.94. The standard InChI is InChI=1S/C31H41N3O4/c35-31(25-6-10-27(11-7-25)34-18-20-36-21-19-34)32-26-8-4-23(5-9-26)12-15-33-16-13-24(14-17-33)28-2-1-3-29-30(28)38-22-37-29/h1-3,6-7,10-11,23-24,26H,4-5,8-9,12-22H2,(H,32,35)/t23-,26-. The van der Waals surface area contributed by atoms with Crippen LogP contribution in [-0.2, 0) is 4.74 Å². The van der Waals surface area contributed by atoms with Crippen LogP contribution in [0.3, 0.4) is 0 Å². The number of carbonyl (C=O) groups excluding carboxylic acids is 1. The molecule has 7 heteroatoms. The minimum absolute atomic E-state index is 0.0610. The fourth-order valence-electron chi connectivity index (χ4n) is 6.62. The number of anilines is 1. The van der Waals surface area contributed by atoms with Crippen molar-refractivity contribution in [2.24, 2.45) is 5.92 Å². The van der Waals surface area contributed by atoms with Crippen LogP contribution in [0.25, 0.3) is 0 Å². The molecule has 204 valence electrons. The van der Waals surface area contributed by atoms with Crippen molar-refractivity contribution in [3.63, 3.8) is 0 Å². The molecule has 1 N–H and O–H groups in total. The van der Waals surface area contributed by atoms with Crippen LogP contribution >= 0.6 is 0 Å². The molecule has 38 heavy (non-hydrogen) atoms. The summed E-state index contributed by atoms with van der Waals surface area (Å²) in [5.41, 5.74) is 3.25. The fourth-order valence-corrected chi connectivity index (χ4v) is 6.62. The summed E-state index contributed by atoms with van der Waals surface area (Å²) < 4.78 is 16.8. The lowest BCUT2D eigenvalue weighted by molar-refractivity contribution is 0.0919. The number of carbonyl (C=O) groups is 1. The van der Waals surface area contributed by atoms with Crippen molar-refractivity contribution in [1.82, 2.24) is 10.2 Å². The number of para-hydroxylation sites is 1. The Morgan fingerprint density at radius 2 is 1.63 bits per heavy atom. The van der Waals surface area contributed by atoms with Crippen LogP contribution < -0.4 is 19.7 Å². The number of rotatable bonds is 7. The number of nitrogens with one attached hydrogen (secondary N) is 1. The van der Waals surface area contributed by atoms with Gasteiger partial charge in [0.2, 0.25) is 6.79 Å². The van der Waals surface area contributed by atoms with Crippen molar-refractivity contribution in [3.05, 3.63) is 53.6 Å². The van der Waals surface area contributed by atoms with E-state index >= 15 is 0 Å². The summed E-state index contributed by atoms with van der Waals surface area (Å²) >= 11 is 0. The summed E-state index contributed by atoms with van der Waals surface area (Å²) in [4.78, 5) is 17.8. The molecule has 7 nitrogen and oxygen atoms in total. The molecule has 3 fully saturated rings. The summed E-state index contributed by atoms with van der Waals surface area (Å²) in [5.74, 6) is 3.28. The maximum absolute atomic E-state index is 12.8. The Morgan fingerprint density at radius 1 is 0.868 bits per heavy atom. The van der Waals surface area contributed by atoms with E-state index < -0.39 is 0 Å². The Kier molecular flexibility index (Phi) is 8.02. The van der Waals surface area contributed by atoms with Gasteiger partial charge in [0.25, 0.3) is 5.91 Å². The number of ether oxygens (including phenoxy) is 3. The minimum Gasteiger partial charge on any atom is -0.454 e. The summed E-state index contributed by atoms with van der Waals surface area (Å²) in [5, 5.41) is 3.30.